The third-order valence-corrected chi connectivity index (χ3v) is 5.79. The minimum Gasteiger partial charge on any atom is -0.480 e. The van der Waals surface area contributed by atoms with E-state index in [1.54, 1.807) is 0 Å². The van der Waals surface area contributed by atoms with E-state index < -0.39 is 6.10 Å². The Morgan fingerprint density at radius 3 is 2.30 bits per heavy atom. The van der Waals surface area contributed by atoms with Gasteiger partial charge < -0.3 is 15.4 Å². The maximum absolute atomic E-state index is 13.0. The molecule has 0 spiro atoms. The van der Waals surface area contributed by atoms with Crippen molar-refractivity contribution < 1.29 is 14.3 Å². The van der Waals surface area contributed by atoms with E-state index in [0.717, 1.165) is 41.8 Å². The molecule has 5 heteroatoms. The van der Waals surface area contributed by atoms with Crippen molar-refractivity contribution in [1.82, 2.24) is 0 Å². The van der Waals surface area contributed by atoms with E-state index in [-0.39, 0.29) is 17.7 Å². The molecule has 5 nitrogen and oxygen atoms in total. The van der Waals surface area contributed by atoms with Crippen molar-refractivity contribution in [3.8, 4) is 5.75 Å². The molecule has 0 heterocycles. The number of amides is 2. The van der Waals surface area contributed by atoms with Crippen molar-refractivity contribution in [1.29, 1.82) is 0 Å². The molecule has 0 bridgehead atoms. The van der Waals surface area contributed by atoms with Crippen LogP contribution in [0.3, 0.4) is 0 Å². The summed E-state index contributed by atoms with van der Waals surface area (Å²) in [5, 5.41) is 5.96. The van der Waals surface area contributed by atoms with E-state index in [0.29, 0.717) is 18.0 Å². The van der Waals surface area contributed by atoms with E-state index in [1.807, 2.05) is 50.2 Å². The SMILES string of the molecule is CCC(Oc1ccccc1C(C)CC)C(=O)Nc1cccc(NC(=O)C2CC2)c1C. The minimum atomic E-state index is -0.598. The molecule has 1 aliphatic carbocycles. The second-order valence-electron chi connectivity index (χ2n) is 8.09. The van der Waals surface area contributed by atoms with Gasteiger partial charge in [0, 0.05) is 17.3 Å². The second-order valence-corrected chi connectivity index (χ2v) is 8.09. The molecule has 2 unspecified atom stereocenters. The number of hydrogen-bond acceptors (Lipinski definition) is 3. The summed E-state index contributed by atoms with van der Waals surface area (Å²) in [5.74, 6) is 1.11. The molecule has 30 heavy (non-hydrogen) atoms. The molecule has 0 radical (unpaired) electrons. The average Bonchev–Trinajstić information content (AvgIpc) is 3.60. The van der Waals surface area contributed by atoms with Crippen LogP contribution in [0.25, 0.3) is 0 Å². The van der Waals surface area contributed by atoms with Crippen molar-refractivity contribution >= 4 is 23.2 Å². The van der Waals surface area contributed by atoms with Gasteiger partial charge in [0.1, 0.15) is 5.75 Å². The van der Waals surface area contributed by atoms with Gasteiger partial charge in [-0.2, -0.15) is 0 Å². The quantitative estimate of drug-likeness (QED) is 0.563. The molecule has 2 amide bonds. The third-order valence-electron chi connectivity index (χ3n) is 5.79. The van der Waals surface area contributed by atoms with Crippen molar-refractivity contribution in [3.05, 3.63) is 53.6 Å². The Bertz CT molecular complexity index is 905. The van der Waals surface area contributed by atoms with Gasteiger partial charge in [0.2, 0.25) is 5.91 Å². The fourth-order valence-electron chi connectivity index (χ4n) is 3.39. The Kier molecular flexibility index (Phi) is 7.14. The first kappa shape index (κ1) is 21.9. The number of nitrogens with one attached hydrogen (secondary N) is 2. The maximum atomic E-state index is 13.0. The van der Waals surface area contributed by atoms with Gasteiger partial charge in [-0.25, -0.2) is 0 Å². The first-order chi connectivity index (χ1) is 14.4. The zero-order valence-corrected chi connectivity index (χ0v) is 18.3. The van der Waals surface area contributed by atoms with Crippen molar-refractivity contribution in [2.75, 3.05) is 10.6 Å². The zero-order valence-electron chi connectivity index (χ0n) is 18.3. The molecule has 3 rings (SSSR count). The summed E-state index contributed by atoms with van der Waals surface area (Å²) in [4.78, 5) is 25.1. The van der Waals surface area contributed by atoms with E-state index in [2.05, 4.69) is 30.5 Å². The molecular weight excluding hydrogens is 376 g/mol. The number of ether oxygens (including phenoxy) is 1. The summed E-state index contributed by atoms with van der Waals surface area (Å²) in [7, 11) is 0. The van der Waals surface area contributed by atoms with Crippen LogP contribution in [0.2, 0.25) is 0 Å². The molecule has 0 aromatic heterocycles. The molecule has 1 fully saturated rings. The zero-order chi connectivity index (χ0) is 21.7. The third kappa shape index (κ3) is 5.21. The topological polar surface area (TPSA) is 67.4 Å². The molecular formula is C25H32N2O3. The number of carbonyl (C=O) groups excluding carboxylic acids is 2. The molecule has 2 N–H and O–H groups in total. The molecule has 1 aliphatic rings. The lowest BCUT2D eigenvalue weighted by molar-refractivity contribution is -0.122. The first-order valence-electron chi connectivity index (χ1n) is 10.9. The Labute approximate surface area is 179 Å². The van der Waals surface area contributed by atoms with Gasteiger partial charge in [-0.05, 0) is 67.9 Å². The predicted octanol–water partition coefficient (Wildman–Crippen LogP) is 5.65. The number of anilines is 2. The molecule has 2 atom stereocenters. The van der Waals surface area contributed by atoms with Gasteiger partial charge in [0.15, 0.2) is 6.10 Å². The van der Waals surface area contributed by atoms with E-state index in [9.17, 15) is 9.59 Å². The molecule has 1 saturated carbocycles. The van der Waals surface area contributed by atoms with Crippen LogP contribution in [0.15, 0.2) is 42.5 Å². The number of carbonyl (C=O) groups is 2. The summed E-state index contributed by atoms with van der Waals surface area (Å²) in [6.07, 6.45) is 2.86. The van der Waals surface area contributed by atoms with Crippen molar-refractivity contribution in [2.24, 2.45) is 5.92 Å². The molecule has 0 aliphatic heterocycles. The predicted molar refractivity (Wildman–Crippen MR) is 121 cm³/mol. The lowest BCUT2D eigenvalue weighted by Crippen LogP contribution is -2.33. The monoisotopic (exact) mass is 408 g/mol. The van der Waals surface area contributed by atoms with Gasteiger partial charge in [-0.1, -0.05) is 45.0 Å². The van der Waals surface area contributed by atoms with E-state index in [1.165, 1.54) is 0 Å². The van der Waals surface area contributed by atoms with Crippen molar-refractivity contribution in [2.45, 2.75) is 65.4 Å². The maximum Gasteiger partial charge on any atom is 0.265 e. The van der Waals surface area contributed by atoms with Gasteiger partial charge in [0.05, 0.1) is 0 Å². The van der Waals surface area contributed by atoms with Crippen LogP contribution in [-0.4, -0.2) is 17.9 Å². The summed E-state index contributed by atoms with van der Waals surface area (Å²) in [5.41, 5.74) is 3.38. The first-order valence-corrected chi connectivity index (χ1v) is 10.9. The normalized spacial score (nSPS) is 15.2. The Balaban J connectivity index is 1.72. The van der Waals surface area contributed by atoms with Crippen LogP contribution in [0.1, 0.15) is 63.5 Å². The molecule has 2 aromatic carbocycles. The average molecular weight is 409 g/mol. The molecule has 160 valence electrons. The van der Waals surface area contributed by atoms with Crippen LogP contribution in [0.5, 0.6) is 5.75 Å². The van der Waals surface area contributed by atoms with Crippen LogP contribution >= 0.6 is 0 Å². The highest BCUT2D eigenvalue weighted by Crippen LogP contribution is 2.32. The fraction of sp³-hybridized carbons (Fsp3) is 0.440. The highest BCUT2D eigenvalue weighted by atomic mass is 16.5. The molecule has 0 saturated heterocycles. The summed E-state index contributed by atoms with van der Waals surface area (Å²) < 4.78 is 6.14. The summed E-state index contributed by atoms with van der Waals surface area (Å²) in [6, 6.07) is 13.5. The largest absolute Gasteiger partial charge is 0.480 e. The summed E-state index contributed by atoms with van der Waals surface area (Å²) >= 11 is 0. The van der Waals surface area contributed by atoms with Gasteiger partial charge in [0.25, 0.3) is 5.91 Å². The standard InChI is InChI=1S/C25H32N2O3/c1-5-16(3)19-10-7-8-13-23(19)30-22(6-2)25(29)27-21-12-9-11-20(17(21)4)26-24(28)18-14-15-18/h7-13,16,18,22H,5-6,14-15H2,1-4H3,(H,26,28)(H,27,29). The highest BCUT2D eigenvalue weighted by molar-refractivity contribution is 5.98. The second kappa shape index (κ2) is 9.79. The Hall–Kier alpha value is -2.82. The van der Waals surface area contributed by atoms with Gasteiger partial charge in [-0.3, -0.25) is 9.59 Å². The number of hydrogen-bond donors (Lipinski definition) is 2. The Morgan fingerprint density at radius 1 is 1.00 bits per heavy atom. The lowest BCUT2D eigenvalue weighted by atomic mass is 9.98. The smallest absolute Gasteiger partial charge is 0.265 e. The van der Waals surface area contributed by atoms with Crippen molar-refractivity contribution in [3.63, 3.8) is 0 Å². The summed E-state index contributed by atoms with van der Waals surface area (Å²) in [6.45, 7) is 8.14. The number of para-hydroxylation sites is 1. The van der Waals surface area contributed by atoms with Gasteiger partial charge in [-0.15, -0.1) is 0 Å². The fourth-order valence-corrected chi connectivity index (χ4v) is 3.39. The van der Waals surface area contributed by atoms with Gasteiger partial charge >= 0.3 is 0 Å². The Morgan fingerprint density at radius 2 is 1.67 bits per heavy atom. The number of rotatable bonds is 9. The number of benzene rings is 2. The van der Waals surface area contributed by atoms with Crippen LogP contribution in [0, 0.1) is 12.8 Å². The van der Waals surface area contributed by atoms with Crippen LogP contribution in [0.4, 0.5) is 11.4 Å². The van der Waals surface area contributed by atoms with E-state index >= 15 is 0 Å². The highest BCUT2D eigenvalue weighted by Gasteiger charge is 2.30. The minimum absolute atomic E-state index is 0.0537. The van der Waals surface area contributed by atoms with E-state index in [4.69, 9.17) is 4.74 Å². The van der Waals surface area contributed by atoms with Crippen LogP contribution < -0.4 is 15.4 Å². The molecule has 2 aromatic rings. The lowest BCUT2D eigenvalue weighted by Gasteiger charge is -2.22. The van der Waals surface area contributed by atoms with Crippen LogP contribution in [-0.2, 0) is 9.59 Å².